The van der Waals surface area contributed by atoms with Crippen molar-refractivity contribution in [1.29, 1.82) is 0 Å². The predicted molar refractivity (Wildman–Crippen MR) is 118 cm³/mol. The van der Waals surface area contributed by atoms with Gasteiger partial charge < -0.3 is 9.88 Å². The van der Waals surface area contributed by atoms with Gasteiger partial charge in [0.2, 0.25) is 5.91 Å². The van der Waals surface area contributed by atoms with Crippen LogP contribution >= 0.6 is 23.4 Å². The number of carbonyl (C=O) groups is 1. The lowest BCUT2D eigenvalue weighted by molar-refractivity contribution is -0.384. The van der Waals surface area contributed by atoms with E-state index in [4.69, 9.17) is 11.6 Å². The Kier molecular flexibility index (Phi) is 7.87. The summed E-state index contributed by atoms with van der Waals surface area (Å²) in [6, 6.07) is 4.16. The molecule has 2 aromatic rings. The van der Waals surface area contributed by atoms with Gasteiger partial charge in [-0.1, -0.05) is 61.5 Å². The summed E-state index contributed by atoms with van der Waals surface area (Å²) in [6.45, 7) is 4.40. The molecule has 0 spiro atoms. The highest BCUT2D eigenvalue weighted by atomic mass is 35.5. The Morgan fingerprint density at radius 3 is 2.83 bits per heavy atom. The lowest BCUT2D eigenvalue weighted by Gasteiger charge is -2.21. The standard InChI is InChI=1S/C20H24ClN5O3S/c1-2-10-25-18(11-14-6-4-3-5-7-14)23-24-20(25)30-13-19(27)22-15-8-9-16(21)17(12-15)26(28)29/h2,8-9,12,14H,1,3-7,10-11,13H2,(H,22,27). The number of nitrogens with zero attached hydrogens (tertiary/aromatic N) is 4. The van der Waals surface area contributed by atoms with E-state index in [1.807, 2.05) is 4.57 Å². The van der Waals surface area contributed by atoms with Crippen molar-refractivity contribution in [2.75, 3.05) is 11.1 Å². The molecule has 0 radical (unpaired) electrons. The van der Waals surface area contributed by atoms with Gasteiger partial charge in [0, 0.05) is 24.7 Å². The van der Waals surface area contributed by atoms with Gasteiger partial charge in [-0.05, 0) is 18.1 Å². The van der Waals surface area contributed by atoms with Gasteiger partial charge in [-0.25, -0.2) is 0 Å². The van der Waals surface area contributed by atoms with Crippen LogP contribution in [0, 0.1) is 16.0 Å². The number of thioether (sulfide) groups is 1. The molecule has 10 heteroatoms. The minimum Gasteiger partial charge on any atom is -0.325 e. The Balaban J connectivity index is 1.62. The van der Waals surface area contributed by atoms with Crippen molar-refractivity contribution >= 4 is 40.6 Å². The van der Waals surface area contributed by atoms with Crippen LogP contribution in [-0.2, 0) is 17.8 Å². The molecule has 8 nitrogen and oxygen atoms in total. The van der Waals surface area contributed by atoms with Gasteiger partial charge in [-0.15, -0.1) is 16.8 Å². The zero-order valence-corrected chi connectivity index (χ0v) is 18.1. The van der Waals surface area contributed by atoms with Crippen molar-refractivity contribution in [3.05, 3.63) is 51.8 Å². The largest absolute Gasteiger partial charge is 0.325 e. The minimum absolute atomic E-state index is 0.0235. The highest BCUT2D eigenvalue weighted by molar-refractivity contribution is 7.99. The normalized spacial score (nSPS) is 14.4. The van der Waals surface area contributed by atoms with Crippen LogP contribution in [-0.4, -0.2) is 31.3 Å². The van der Waals surface area contributed by atoms with Gasteiger partial charge in [0.25, 0.3) is 5.69 Å². The summed E-state index contributed by atoms with van der Waals surface area (Å²) in [4.78, 5) is 22.7. The number of halogens is 1. The molecule has 1 heterocycles. The number of allylic oxidation sites excluding steroid dienone is 1. The summed E-state index contributed by atoms with van der Waals surface area (Å²) in [5.41, 5.74) is 0.0717. The highest BCUT2D eigenvalue weighted by Crippen LogP contribution is 2.29. The summed E-state index contributed by atoms with van der Waals surface area (Å²) < 4.78 is 2.01. The minimum atomic E-state index is -0.585. The molecule has 1 aromatic heterocycles. The molecular weight excluding hydrogens is 426 g/mol. The molecule has 1 N–H and O–H groups in total. The number of amides is 1. The summed E-state index contributed by atoms with van der Waals surface area (Å²) in [5, 5.41) is 23.0. The van der Waals surface area contributed by atoms with Crippen LogP contribution < -0.4 is 5.32 Å². The van der Waals surface area contributed by atoms with Crippen LogP contribution in [0.1, 0.15) is 37.9 Å². The van der Waals surface area contributed by atoms with E-state index >= 15 is 0 Å². The Morgan fingerprint density at radius 1 is 1.37 bits per heavy atom. The maximum atomic E-state index is 12.3. The molecule has 1 saturated carbocycles. The molecule has 0 saturated heterocycles. The van der Waals surface area contributed by atoms with Gasteiger partial charge in [0.15, 0.2) is 5.16 Å². The van der Waals surface area contributed by atoms with Crippen LogP contribution in [0.15, 0.2) is 36.0 Å². The fourth-order valence-corrected chi connectivity index (χ4v) is 4.55. The Hall–Kier alpha value is -2.39. The van der Waals surface area contributed by atoms with Crippen LogP contribution in [0.3, 0.4) is 0 Å². The molecule has 1 amide bonds. The smallest absolute Gasteiger partial charge is 0.289 e. The molecule has 30 heavy (non-hydrogen) atoms. The van der Waals surface area contributed by atoms with E-state index < -0.39 is 4.92 Å². The van der Waals surface area contributed by atoms with Gasteiger partial charge in [0.1, 0.15) is 10.8 Å². The third-order valence-corrected chi connectivity index (χ3v) is 6.35. The topological polar surface area (TPSA) is 103 Å². The Bertz CT molecular complexity index is 927. The van der Waals surface area contributed by atoms with E-state index in [1.54, 1.807) is 6.08 Å². The number of benzene rings is 1. The number of hydrogen-bond acceptors (Lipinski definition) is 6. The summed E-state index contributed by atoms with van der Waals surface area (Å²) >= 11 is 7.08. The lowest BCUT2D eigenvalue weighted by Crippen LogP contribution is -2.16. The number of rotatable bonds is 9. The molecule has 1 fully saturated rings. The van der Waals surface area contributed by atoms with E-state index in [9.17, 15) is 14.9 Å². The predicted octanol–water partition coefficient (Wildman–Crippen LogP) is 4.88. The lowest BCUT2D eigenvalue weighted by atomic mass is 9.87. The van der Waals surface area contributed by atoms with Crippen molar-refractivity contribution in [1.82, 2.24) is 14.8 Å². The number of nitro benzene ring substituents is 1. The van der Waals surface area contributed by atoms with Crippen LogP contribution in [0.25, 0.3) is 0 Å². The Morgan fingerprint density at radius 2 is 2.13 bits per heavy atom. The first kappa shape index (κ1) is 22.3. The molecule has 0 atom stereocenters. The van der Waals surface area contributed by atoms with Gasteiger partial charge in [-0.2, -0.15) is 0 Å². The van der Waals surface area contributed by atoms with Gasteiger partial charge >= 0.3 is 0 Å². The zero-order chi connectivity index (χ0) is 21.5. The molecule has 3 rings (SSSR count). The first-order valence-corrected chi connectivity index (χ1v) is 11.2. The van der Waals surface area contributed by atoms with Crippen molar-refractivity contribution in [3.8, 4) is 0 Å². The number of nitrogens with one attached hydrogen (secondary N) is 1. The number of hydrogen-bond donors (Lipinski definition) is 1. The third-order valence-electron chi connectivity index (χ3n) is 5.06. The molecule has 1 aromatic carbocycles. The number of anilines is 1. The first-order valence-electron chi connectivity index (χ1n) is 9.87. The molecule has 0 bridgehead atoms. The fourth-order valence-electron chi connectivity index (χ4n) is 3.60. The average molecular weight is 450 g/mol. The summed E-state index contributed by atoms with van der Waals surface area (Å²) in [7, 11) is 0. The van der Waals surface area contributed by atoms with Gasteiger partial charge in [-0.3, -0.25) is 14.9 Å². The maximum Gasteiger partial charge on any atom is 0.289 e. The van der Waals surface area contributed by atoms with Crippen molar-refractivity contribution < 1.29 is 9.72 Å². The average Bonchev–Trinajstić information content (AvgIpc) is 3.10. The molecular formula is C20H24ClN5O3S. The van der Waals surface area contributed by atoms with Crippen LogP contribution in [0.4, 0.5) is 11.4 Å². The van der Waals surface area contributed by atoms with Crippen LogP contribution in [0.2, 0.25) is 5.02 Å². The van der Waals surface area contributed by atoms with E-state index in [-0.39, 0.29) is 22.4 Å². The zero-order valence-electron chi connectivity index (χ0n) is 16.6. The number of nitro groups is 1. The molecule has 160 valence electrons. The molecule has 0 aliphatic heterocycles. The summed E-state index contributed by atoms with van der Waals surface area (Å²) in [5.74, 6) is 1.37. The number of carbonyl (C=O) groups excluding carboxylic acids is 1. The SMILES string of the molecule is C=CCn1c(CC2CCCCC2)nnc1SCC(=O)Nc1ccc(Cl)c([N+](=O)[O-])c1. The Labute approximate surface area is 184 Å². The second-order valence-corrected chi connectivity index (χ2v) is 8.62. The first-order chi connectivity index (χ1) is 14.5. The van der Waals surface area contributed by atoms with E-state index in [0.29, 0.717) is 23.3 Å². The van der Waals surface area contributed by atoms with Crippen molar-refractivity contribution in [2.24, 2.45) is 5.92 Å². The maximum absolute atomic E-state index is 12.3. The van der Waals surface area contributed by atoms with Gasteiger partial charge in [0.05, 0.1) is 10.7 Å². The number of aromatic nitrogens is 3. The van der Waals surface area contributed by atoms with Crippen molar-refractivity contribution in [2.45, 2.75) is 50.2 Å². The third kappa shape index (κ3) is 5.82. The molecule has 1 aliphatic rings. The highest BCUT2D eigenvalue weighted by Gasteiger charge is 2.20. The fraction of sp³-hybridized carbons (Fsp3) is 0.450. The van der Waals surface area contributed by atoms with E-state index in [1.165, 1.54) is 62.1 Å². The molecule has 1 aliphatic carbocycles. The summed E-state index contributed by atoms with van der Waals surface area (Å²) in [6.07, 6.45) is 8.98. The molecule has 0 unspecified atom stereocenters. The quantitative estimate of drug-likeness (QED) is 0.253. The second-order valence-electron chi connectivity index (χ2n) is 7.27. The monoisotopic (exact) mass is 449 g/mol. The van der Waals surface area contributed by atoms with E-state index in [2.05, 4.69) is 22.1 Å². The van der Waals surface area contributed by atoms with Crippen LogP contribution in [0.5, 0.6) is 0 Å². The second kappa shape index (κ2) is 10.6. The van der Waals surface area contributed by atoms with E-state index in [0.717, 1.165) is 12.2 Å². The van der Waals surface area contributed by atoms with Crippen molar-refractivity contribution in [3.63, 3.8) is 0 Å².